The van der Waals surface area contributed by atoms with Crippen molar-refractivity contribution in [3.63, 3.8) is 0 Å². The molecule has 0 saturated heterocycles. The van der Waals surface area contributed by atoms with Crippen molar-refractivity contribution >= 4 is 43.6 Å². The lowest BCUT2D eigenvalue weighted by molar-refractivity contribution is 0.997. The smallest absolute Gasteiger partial charge is 0.0575 e. The van der Waals surface area contributed by atoms with Crippen molar-refractivity contribution in [3.05, 3.63) is 156 Å². The Balaban J connectivity index is 1.07. The van der Waals surface area contributed by atoms with Crippen molar-refractivity contribution in [3.8, 4) is 39.1 Å². The summed E-state index contributed by atoms with van der Waals surface area (Å²) in [6.45, 7) is 34.5. The molecular weight excluding hydrogens is 725 g/mol. The number of fused-ring (bicyclic) bond motifs is 6. The first kappa shape index (κ1) is 39.6. The zero-order chi connectivity index (χ0) is 43.0. The van der Waals surface area contributed by atoms with Crippen molar-refractivity contribution in [1.29, 1.82) is 0 Å². The standard InChI is InChI=1S/C58H60N2/c1-29-32(4)40(12)55-51(35(29)7)52-39(11)38(10)50(43(15)56(52)59(55)16)48-23-21-46(22-24-48)44-17-19-45(20-18-44)47-25-27-49(28-26-47)60-57-41(13)33(5)30(2)36(8)53(57)54-37(9)31(3)34(6)42(14)58(54)60/h17-28H,1-16H3. The second-order valence-electron chi connectivity index (χ2n) is 18.2. The van der Waals surface area contributed by atoms with Crippen LogP contribution in [0.5, 0.6) is 0 Å². The van der Waals surface area contributed by atoms with Gasteiger partial charge in [0.05, 0.1) is 22.1 Å². The van der Waals surface area contributed by atoms with Crippen LogP contribution in [0.1, 0.15) is 83.5 Å². The van der Waals surface area contributed by atoms with E-state index < -0.39 is 0 Å². The topological polar surface area (TPSA) is 9.86 Å². The summed E-state index contributed by atoms with van der Waals surface area (Å²) in [6.07, 6.45) is 0. The van der Waals surface area contributed by atoms with Crippen LogP contribution in [-0.4, -0.2) is 9.13 Å². The molecule has 0 bridgehead atoms. The number of benzene rings is 7. The molecule has 0 aliphatic rings. The fourth-order valence-electron chi connectivity index (χ4n) is 11.0. The Morgan fingerprint density at radius 1 is 0.250 bits per heavy atom. The van der Waals surface area contributed by atoms with E-state index in [4.69, 9.17) is 0 Å². The third-order valence-electron chi connectivity index (χ3n) is 15.7. The molecule has 0 amide bonds. The van der Waals surface area contributed by atoms with Crippen LogP contribution in [0, 0.1) is 104 Å². The van der Waals surface area contributed by atoms with E-state index in [1.165, 1.54) is 166 Å². The van der Waals surface area contributed by atoms with Crippen LogP contribution in [0.4, 0.5) is 0 Å². The molecule has 0 atom stereocenters. The first-order valence-electron chi connectivity index (χ1n) is 21.8. The van der Waals surface area contributed by atoms with Crippen LogP contribution in [-0.2, 0) is 7.05 Å². The third-order valence-corrected chi connectivity index (χ3v) is 15.7. The van der Waals surface area contributed by atoms with E-state index in [0.717, 1.165) is 0 Å². The number of rotatable bonds is 4. The molecule has 0 saturated carbocycles. The minimum absolute atomic E-state index is 1.21. The van der Waals surface area contributed by atoms with E-state index >= 15 is 0 Å². The van der Waals surface area contributed by atoms with Crippen LogP contribution >= 0.6 is 0 Å². The quantitative estimate of drug-likeness (QED) is 0.168. The number of nitrogens with zero attached hydrogens (tertiary/aromatic N) is 2. The maximum absolute atomic E-state index is 2.55. The van der Waals surface area contributed by atoms with E-state index in [1.807, 2.05) is 0 Å². The molecule has 302 valence electrons. The lowest BCUT2D eigenvalue weighted by atomic mass is 9.87. The minimum atomic E-state index is 1.21. The van der Waals surface area contributed by atoms with Gasteiger partial charge in [0.15, 0.2) is 0 Å². The SMILES string of the molecule is Cc1c(C)c(C)c2c(c1C)c1c(C)c(C)c(-c3ccc(-c4ccc(-c5ccc(-n6c7c(C)c(C)c(C)c(C)c7c7c(C)c(C)c(C)c(C)c76)cc5)cc4)cc3)c(C)c1n2C. The first-order chi connectivity index (χ1) is 28.5. The maximum Gasteiger partial charge on any atom is 0.0575 e. The summed E-state index contributed by atoms with van der Waals surface area (Å²) in [5, 5.41) is 5.65. The molecule has 0 spiro atoms. The predicted octanol–water partition coefficient (Wildman–Crippen LogP) is 16.1. The van der Waals surface area contributed by atoms with Gasteiger partial charge in [0, 0.05) is 34.3 Å². The van der Waals surface area contributed by atoms with Crippen LogP contribution in [0.3, 0.4) is 0 Å². The summed E-state index contributed by atoms with van der Waals surface area (Å²) in [4.78, 5) is 0. The van der Waals surface area contributed by atoms with E-state index in [1.54, 1.807) is 0 Å². The average molecular weight is 785 g/mol. The molecule has 7 aromatic carbocycles. The van der Waals surface area contributed by atoms with Gasteiger partial charge in [-0.25, -0.2) is 0 Å². The van der Waals surface area contributed by atoms with Gasteiger partial charge in [0.25, 0.3) is 0 Å². The number of aromatic nitrogens is 2. The summed E-state index contributed by atoms with van der Waals surface area (Å²) in [5.41, 5.74) is 35.0. The lowest BCUT2D eigenvalue weighted by Gasteiger charge is -2.17. The van der Waals surface area contributed by atoms with Crippen LogP contribution in [0.15, 0.2) is 72.8 Å². The van der Waals surface area contributed by atoms with Crippen molar-refractivity contribution in [2.24, 2.45) is 7.05 Å². The molecule has 0 radical (unpaired) electrons. The van der Waals surface area contributed by atoms with Gasteiger partial charge in [-0.15, -0.1) is 0 Å². The third kappa shape index (κ3) is 5.32. The van der Waals surface area contributed by atoms with Gasteiger partial charge in [0.1, 0.15) is 0 Å². The van der Waals surface area contributed by atoms with Crippen molar-refractivity contribution in [2.45, 2.75) is 104 Å². The molecule has 0 fully saturated rings. The van der Waals surface area contributed by atoms with Gasteiger partial charge in [0.2, 0.25) is 0 Å². The van der Waals surface area contributed by atoms with Gasteiger partial charge < -0.3 is 9.13 Å². The van der Waals surface area contributed by atoms with Gasteiger partial charge >= 0.3 is 0 Å². The summed E-state index contributed by atoms with van der Waals surface area (Å²) >= 11 is 0. The summed E-state index contributed by atoms with van der Waals surface area (Å²) in [5.74, 6) is 0. The summed E-state index contributed by atoms with van der Waals surface area (Å²) in [6, 6.07) is 27.6. The average Bonchev–Trinajstić information content (AvgIpc) is 3.78. The Morgan fingerprint density at radius 2 is 0.517 bits per heavy atom. The molecule has 2 heteroatoms. The van der Waals surface area contributed by atoms with Gasteiger partial charge in [-0.2, -0.15) is 0 Å². The number of hydrogen-bond acceptors (Lipinski definition) is 0. The highest BCUT2D eigenvalue weighted by molar-refractivity contribution is 6.17. The highest BCUT2D eigenvalue weighted by Crippen LogP contribution is 2.46. The molecule has 0 unspecified atom stereocenters. The molecule has 0 N–H and O–H groups in total. The second kappa shape index (κ2) is 13.8. The lowest BCUT2D eigenvalue weighted by Crippen LogP contribution is -2.01. The fraction of sp³-hybridized carbons (Fsp3) is 0.276. The van der Waals surface area contributed by atoms with Crippen molar-refractivity contribution < 1.29 is 0 Å². The van der Waals surface area contributed by atoms with Crippen molar-refractivity contribution in [2.75, 3.05) is 0 Å². The number of aryl methyl sites for hydroxylation is 9. The van der Waals surface area contributed by atoms with Crippen LogP contribution < -0.4 is 0 Å². The van der Waals surface area contributed by atoms with Crippen LogP contribution in [0.25, 0.3) is 82.7 Å². The predicted molar refractivity (Wildman–Crippen MR) is 262 cm³/mol. The van der Waals surface area contributed by atoms with E-state index in [9.17, 15) is 0 Å². The van der Waals surface area contributed by atoms with Gasteiger partial charge in [-0.3, -0.25) is 0 Å². The Hall–Kier alpha value is -5.86. The summed E-state index contributed by atoms with van der Waals surface area (Å²) < 4.78 is 5.02. The molecule has 9 aromatic rings. The Morgan fingerprint density at radius 3 is 0.900 bits per heavy atom. The van der Waals surface area contributed by atoms with Crippen LogP contribution in [0.2, 0.25) is 0 Å². The fourth-order valence-corrected chi connectivity index (χ4v) is 11.0. The highest BCUT2D eigenvalue weighted by Gasteiger charge is 2.25. The molecule has 2 heterocycles. The Labute approximate surface area is 357 Å². The normalized spacial score (nSPS) is 12.0. The Bertz CT molecular complexity index is 3230. The number of hydrogen-bond donors (Lipinski definition) is 0. The van der Waals surface area contributed by atoms with E-state index in [2.05, 4.69) is 193 Å². The van der Waals surface area contributed by atoms with Gasteiger partial charge in [-0.05, 0) is 233 Å². The zero-order valence-electron chi connectivity index (χ0n) is 38.8. The molecule has 0 aliphatic heterocycles. The Kier molecular flexibility index (Phi) is 9.14. The highest BCUT2D eigenvalue weighted by atomic mass is 15.0. The molecule has 9 rings (SSSR count). The monoisotopic (exact) mass is 784 g/mol. The molecule has 2 nitrogen and oxygen atoms in total. The van der Waals surface area contributed by atoms with Crippen molar-refractivity contribution in [1.82, 2.24) is 9.13 Å². The maximum atomic E-state index is 2.55. The van der Waals surface area contributed by atoms with Gasteiger partial charge in [-0.1, -0.05) is 60.7 Å². The molecule has 0 aliphatic carbocycles. The minimum Gasteiger partial charge on any atom is -0.343 e. The molecule has 2 aromatic heterocycles. The molecule has 60 heavy (non-hydrogen) atoms. The van der Waals surface area contributed by atoms with E-state index in [0.29, 0.717) is 0 Å². The first-order valence-corrected chi connectivity index (χ1v) is 21.8. The molecular formula is C58H60N2. The second-order valence-corrected chi connectivity index (χ2v) is 18.2. The zero-order valence-corrected chi connectivity index (χ0v) is 38.8. The largest absolute Gasteiger partial charge is 0.343 e. The summed E-state index contributed by atoms with van der Waals surface area (Å²) in [7, 11) is 2.26. The van der Waals surface area contributed by atoms with E-state index in [-0.39, 0.29) is 0 Å².